The number of nitrogens with one attached hydrogen (secondary N) is 2. The molecule has 0 radical (unpaired) electrons. The SMILES string of the molecule is Cc1ccc(NC(=O)NCCCN2CCN(c3ccccc3)CC2)cc1Cl. The van der Waals surface area contributed by atoms with Crippen LogP contribution in [-0.2, 0) is 0 Å². The summed E-state index contributed by atoms with van der Waals surface area (Å²) in [6, 6.07) is 15.9. The number of hydrogen-bond donors (Lipinski definition) is 2. The van der Waals surface area contributed by atoms with E-state index in [0.717, 1.165) is 44.7 Å². The van der Waals surface area contributed by atoms with E-state index in [1.54, 1.807) is 6.07 Å². The van der Waals surface area contributed by atoms with Crippen molar-refractivity contribution in [2.24, 2.45) is 0 Å². The van der Waals surface area contributed by atoms with Gasteiger partial charge >= 0.3 is 6.03 Å². The highest BCUT2D eigenvalue weighted by atomic mass is 35.5. The van der Waals surface area contributed by atoms with Crippen LogP contribution in [0.25, 0.3) is 0 Å². The van der Waals surface area contributed by atoms with Crippen LogP contribution in [0.2, 0.25) is 5.02 Å². The highest BCUT2D eigenvalue weighted by Crippen LogP contribution is 2.19. The molecule has 0 atom stereocenters. The lowest BCUT2D eigenvalue weighted by Gasteiger charge is -2.36. The number of amides is 2. The molecular weight excluding hydrogens is 360 g/mol. The van der Waals surface area contributed by atoms with Crippen molar-refractivity contribution >= 4 is 29.0 Å². The van der Waals surface area contributed by atoms with Gasteiger partial charge in [0.2, 0.25) is 0 Å². The topological polar surface area (TPSA) is 47.6 Å². The summed E-state index contributed by atoms with van der Waals surface area (Å²) in [6.45, 7) is 7.81. The number of hydrogen-bond acceptors (Lipinski definition) is 3. The molecule has 1 aliphatic rings. The fourth-order valence-electron chi connectivity index (χ4n) is 3.22. The van der Waals surface area contributed by atoms with E-state index in [1.165, 1.54) is 5.69 Å². The normalized spacial score (nSPS) is 14.8. The van der Waals surface area contributed by atoms with Crippen LogP contribution in [0.15, 0.2) is 48.5 Å². The number of aryl methyl sites for hydroxylation is 1. The van der Waals surface area contributed by atoms with E-state index in [1.807, 2.05) is 19.1 Å². The Kier molecular flexibility index (Phi) is 6.96. The van der Waals surface area contributed by atoms with Crippen LogP contribution >= 0.6 is 11.6 Å². The number of nitrogens with zero attached hydrogens (tertiary/aromatic N) is 2. The lowest BCUT2D eigenvalue weighted by molar-refractivity contribution is 0.244. The molecule has 0 bridgehead atoms. The number of anilines is 2. The fraction of sp³-hybridized carbons (Fsp3) is 0.381. The quantitative estimate of drug-likeness (QED) is 0.738. The van der Waals surface area contributed by atoms with Crippen molar-refractivity contribution in [1.82, 2.24) is 10.2 Å². The maximum atomic E-state index is 12.0. The molecule has 2 aromatic rings. The Balaban J connectivity index is 1.31. The molecule has 1 saturated heterocycles. The summed E-state index contributed by atoms with van der Waals surface area (Å²) in [4.78, 5) is 16.9. The standard InChI is InChI=1S/C21H27ClN4O/c1-17-8-9-18(16-20(17)22)24-21(27)23-10-5-11-25-12-14-26(15-13-25)19-6-3-2-4-7-19/h2-4,6-9,16H,5,10-15H2,1H3,(H2,23,24,27). The van der Waals surface area contributed by atoms with Gasteiger partial charge in [0, 0.05) is 49.1 Å². The summed E-state index contributed by atoms with van der Waals surface area (Å²) in [5.74, 6) is 0. The fourth-order valence-corrected chi connectivity index (χ4v) is 3.40. The first-order chi connectivity index (χ1) is 13.1. The van der Waals surface area contributed by atoms with E-state index in [0.29, 0.717) is 17.3 Å². The Morgan fingerprint density at radius 1 is 1.07 bits per heavy atom. The number of piperazine rings is 1. The first-order valence-electron chi connectivity index (χ1n) is 9.45. The monoisotopic (exact) mass is 386 g/mol. The van der Waals surface area contributed by atoms with Crippen LogP contribution in [0.5, 0.6) is 0 Å². The predicted molar refractivity (Wildman–Crippen MR) is 113 cm³/mol. The van der Waals surface area contributed by atoms with Crippen LogP contribution in [0, 0.1) is 6.92 Å². The molecule has 0 saturated carbocycles. The maximum Gasteiger partial charge on any atom is 0.319 e. The summed E-state index contributed by atoms with van der Waals surface area (Å²) < 4.78 is 0. The predicted octanol–water partition coefficient (Wildman–Crippen LogP) is 3.98. The first-order valence-corrected chi connectivity index (χ1v) is 9.83. The third kappa shape index (κ3) is 5.88. The number of halogens is 1. The Labute approximate surface area is 166 Å². The minimum atomic E-state index is -0.191. The van der Waals surface area contributed by atoms with Crippen molar-refractivity contribution in [3.63, 3.8) is 0 Å². The molecule has 27 heavy (non-hydrogen) atoms. The second-order valence-electron chi connectivity index (χ2n) is 6.86. The molecule has 144 valence electrons. The van der Waals surface area contributed by atoms with E-state index in [-0.39, 0.29) is 6.03 Å². The Bertz CT molecular complexity index is 745. The second-order valence-corrected chi connectivity index (χ2v) is 7.27. The zero-order valence-corrected chi connectivity index (χ0v) is 16.5. The zero-order valence-electron chi connectivity index (χ0n) is 15.7. The van der Waals surface area contributed by atoms with Crippen molar-refractivity contribution in [3.05, 3.63) is 59.1 Å². The molecular formula is C21H27ClN4O. The number of carbonyl (C=O) groups is 1. The summed E-state index contributed by atoms with van der Waals surface area (Å²) in [7, 11) is 0. The molecule has 2 aromatic carbocycles. The van der Waals surface area contributed by atoms with E-state index < -0.39 is 0 Å². The molecule has 1 aliphatic heterocycles. The van der Waals surface area contributed by atoms with Gasteiger partial charge in [0.25, 0.3) is 0 Å². The Hall–Kier alpha value is -2.24. The van der Waals surface area contributed by atoms with Gasteiger partial charge in [-0.25, -0.2) is 4.79 Å². The van der Waals surface area contributed by atoms with Gasteiger partial charge < -0.3 is 15.5 Å². The number of benzene rings is 2. The molecule has 0 spiro atoms. The van der Waals surface area contributed by atoms with Gasteiger partial charge in [-0.2, -0.15) is 0 Å². The third-order valence-electron chi connectivity index (χ3n) is 4.86. The molecule has 1 heterocycles. The maximum absolute atomic E-state index is 12.0. The van der Waals surface area contributed by atoms with E-state index in [4.69, 9.17) is 11.6 Å². The van der Waals surface area contributed by atoms with E-state index in [9.17, 15) is 4.79 Å². The van der Waals surface area contributed by atoms with E-state index >= 15 is 0 Å². The van der Waals surface area contributed by atoms with Crippen LogP contribution in [0.3, 0.4) is 0 Å². The summed E-state index contributed by atoms with van der Waals surface area (Å²) in [6.07, 6.45) is 0.938. The van der Waals surface area contributed by atoms with Gasteiger partial charge in [0.1, 0.15) is 0 Å². The minimum absolute atomic E-state index is 0.191. The Morgan fingerprint density at radius 2 is 1.81 bits per heavy atom. The van der Waals surface area contributed by atoms with Gasteiger partial charge in [-0.1, -0.05) is 35.9 Å². The van der Waals surface area contributed by atoms with Gasteiger partial charge in [-0.3, -0.25) is 4.90 Å². The molecule has 0 aromatic heterocycles. The molecule has 2 amide bonds. The molecule has 6 heteroatoms. The highest BCUT2D eigenvalue weighted by molar-refractivity contribution is 6.31. The second kappa shape index (κ2) is 9.62. The minimum Gasteiger partial charge on any atom is -0.369 e. The Morgan fingerprint density at radius 3 is 2.52 bits per heavy atom. The molecule has 1 fully saturated rings. The smallest absolute Gasteiger partial charge is 0.319 e. The summed E-state index contributed by atoms with van der Waals surface area (Å²) in [5, 5.41) is 6.38. The zero-order chi connectivity index (χ0) is 19.1. The summed E-state index contributed by atoms with van der Waals surface area (Å²) in [5.41, 5.74) is 3.00. The van der Waals surface area contributed by atoms with Crippen LogP contribution < -0.4 is 15.5 Å². The molecule has 3 rings (SSSR count). The van der Waals surface area contributed by atoms with Gasteiger partial charge in [-0.15, -0.1) is 0 Å². The first kappa shape index (κ1) is 19.5. The molecule has 2 N–H and O–H groups in total. The lowest BCUT2D eigenvalue weighted by atomic mass is 10.2. The number of rotatable bonds is 6. The van der Waals surface area contributed by atoms with Crippen molar-refractivity contribution in [3.8, 4) is 0 Å². The van der Waals surface area contributed by atoms with Crippen molar-refractivity contribution in [1.29, 1.82) is 0 Å². The van der Waals surface area contributed by atoms with Crippen LogP contribution in [0.4, 0.5) is 16.2 Å². The van der Waals surface area contributed by atoms with Gasteiger partial charge in [0.05, 0.1) is 0 Å². The average Bonchev–Trinajstić information content (AvgIpc) is 2.69. The van der Waals surface area contributed by atoms with Crippen LogP contribution in [0.1, 0.15) is 12.0 Å². The molecule has 0 aliphatic carbocycles. The van der Waals surface area contributed by atoms with E-state index in [2.05, 4.69) is 50.8 Å². The largest absolute Gasteiger partial charge is 0.369 e. The summed E-state index contributed by atoms with van der Waals surface area (Å²) >= 11 is 6.08. The van der Waals surface area contributed by atoms with Crippen molar-refractivity contribution in [2.75, 3.05) is 49.5 Å². The molecule has 5 nitrogen and oxygen atoms in total. The third-order valence-corrected chi connectivity index (χ3v) is 5.27. The van der Waals surface area contributed by atoms with Gasteiger partial charge in [-0.05, 0) is 49.7 Å². The number of urea groups is 1. The average molecular weight is 387 g/mol. The lowest BCUT2D eigenvalue weighted by Crippen LogP contribution is -2.47. The van der Waals surface area contributed by atoms with Crippen molar-refractivity contribution < 1.29 is 4.79 Å². The molecule has 0 unspecified atom stereocenters. The highest BCUT2D eigenvalue weighted by Gasteiger charge is 2.16. The van der Waals surface area contributed by atoms with Crippen molar-refractivity contribution in [2.45, 2.75) is 13.3 Å². The number of carbonyl (C=O) groups excluding carboxylic acids is 1. The van der Waals surface area contributed by atoms with Crippen LogP contribution in [-0.4, -0.2) is 50.2 Å². The number of para-hydroxylation sites is 1. The van der Waals surface area contributed by atoms with Gasteiger partial charge in [0.15, 0.2) is 0 Å².